The van der Waals surface area contributed by atoms with Crippen LogP contribution in [0.2, 0.25) is 0 Å². The number of para-hydroxylation sites is 1. The summed E-state index contributed by atoms with van der Waals surface area (Å²) in [6.45, 7) is 2.58. The number of amides is 1. The largest absolute Gasteiger partial charge is 0.488 e. The lowest BCUT2D eigenvalue weighted by Gasteiger charge is -2.27. The van der Waals surface area contributed by atoms with Crippen LogP contribution < -0.4 is 4.74 Å². The number of halogens is 1. The van der Waals surface area contributed by atoms with Crippen LogP contribution in [-0.4, -0.2) is 37.1 Å². The molecule has 120 valence electrons. The topological polar surface area (TPSA) is 38.8 Å². The molecule has 1 fully saturated rings. The summed E-state index contributed by atoms with van der Waals surface area (Å²) in [6, 6.07) is 13.3. The number of hydrogen-bond donors (Lipinski definition) is 0. The second kappa shape index (κ2) is 7.24. The van der Waals surface area contributed by atoms with Crippen molar-refractivity contribution in [2.75, 3.05) is 26.3 Å². The Labute approximate surface area is 134 Å². The van der Waals surface area contributed by atoms with Gasteiger partial charge in [-0.2, -0.15) is 0 Å². The van der Waals surface area contributed by atoms with Crippen LogP contribution in [0.1, 0.15) is 15.9 Å². The first-order valence-corrected chi connectivity index (χ1v) is 7.57. The van der Waals surface area contributed by atoms with Crippen molar-refractivity contribution >= 4 is 5.91 Å². The maximum absolute atomic E-state index is 12.9. The van der Waals surface area contributed by atoms with Crippen molar-refractivity contribution in [2.24, 2.45) is 0 Å². The van der Waals surface area contributed by atoms with E-state index in [-0.39, 0.29) is 18.3 Å². The minimum absolute atomic E-state index is 0.0528. The third kappa shape index (κ3) is 3.87. The van der Waals surface area contributed by atoms with Gasteiger partial charge in [0.15, 0.2) is 0 Å². The lowest BCUT2D eigenvalue weighted by atomic mass is 10.1. The highest BCUT2D eigenvalue weighted by Gasteiger charge is 2.21. The van der Waals surface area contributed by atoms with Gasteiger partial charge in [-0.1, -0.05) is 24.3 Å². The molecule has 2 aromatic rings. The van der Waals surface area contributed by atoms with Crippen LogP contribution in [0.4, 0.5) is 4.39 Å². The Kier molecular flexibility index (Phi) is 4.88. The zero-order valence-electron chi connectivity index (χ0n) is 12.7. The van der Waals surface area contributed by atoms with Crippen molar-refractivity contribution in [3.8, 4) is 5.75 Å². The number of morpholine rings is 1. The molecule has 0 aromatic heterocycles. The molecule has 1 saturated heterocycles. The first-order valence-electron chi connectivity index (χ1n) is 7.57. The average molecular weight is 315 g/mol. The predicted octanol–water partition coefficient (Wildman–Crippen LogP) is 2.88. The van der Waals surface area contributed by atoms with Crippen LogP contribution in [0, 0.1) is 5.82 Å². The summed E-state index contributed by atoms with van der Waals surface area (Å²) < 4.78 is 24.0. The molecule has 4 nitrogen and oxygen atoms in total. The highest BCUT2D eigenvalue weighted by atomic mass is 19.1. The predicted molar refractivity (Wildman–Crippen MR) is 83.9 cm³/mol. The van der Waals surface area contributed by atoms with Crippen molar-refractivity contribution in [3.05, 3.63) is 65.5 Å². The Hall–Kier alpha value is -2.40. The molecule has 0 aliphatic carbocycles. The highest BCUT2D eigenvalue weighted by Crippen LogP contribution is 2.21. The third-order valence-electron chi connectivity index (χ3n) is 3.72. The van der Waals surface area contributed by atoms with Crippen LogP contribution in [0.3, 0.4) is 0 Å². The molecule has 2 aromatic carbocycles. The summed E-state index contributed by atoms with van der Waals surface area (Å²) in [7, 11) is 0. The van der Waals surface area contributed by atoms with Crippen LogP contribution in [-0.2, 0) is 11.3 Å². The van der Waals surface area contributed by atoms with Crippen molar-refractivity contribution in [2.45, 2.75) is 6.61 Å². The summed E-state index contributed by atoms with van der Waals surface area (Å²) in [5.74, 6) is 0.202. The van der Waals surface area contributed by atoms with Gasteiger partial charge < -0.3 is 14.4 Å². The second-order valence-electron chi connectivity index (χ2n) is 5.32. The minimum atomic E-state index is -0.281. The summed E-state index contributed by atoms with van der Waals surface area (Å²) in [4.78, 5) is 14.4. The molecule has 5 heteroatoms. The van der Waals surface area contributed by atoms with Gasteiger partial charge in [0.05, 0.1) is 18.8 Å². The van der Waals surface area contributed by atoms with Crippen molar-refractivity contribution in [1.29, 1.82) is 0 Å². The Morgan fingerprint density at radius 3 is 2.52 bits per heavy atom. The highest BCUT2D eigenvalue weighted by molar-refractivity contribution is 5.97. The lowest BCUT2D eigenvalue weighted by Crippen LogP contribution is -2.40. The van der Waals surface area contributed by atoms with E-state index in [1.54, 1.807) is 29.2 Å². The molecule has 0 N–H and O–H groups in total. The number of carbonyl (C=O) groups excluding carboxylic acids is 1. The van der Waals surface area contributed by atoms with Gasteiger partial charge in [-0.05, 0) is 29.8 Å². The van der Waals surface area contributed by atoms with E-state index in [0.29, 0.717) is 37.6 Å². The van der Waals surface area contributed by atoms with Gasteiger partial charge in [-0.15, -0.1) is 0 Å². The van der Waals surface area contributed by atoms with Gasteiger partial charge in [0, 0.05) is 13.1 Å². The molecule has 0 bridgehead atoms. The zero-order chi connectivity index (χ0) is 16.1. The molecule has 0 spiro atoms. The summed E-state index contributed by atoms with van der Waals surface area (Å²) in [6.07, 6.45) is 0. The molecule has 1 heterocycles. The van der Waals surface area contributed by atoms with E-state index < -0.39 is 0 Å². The fraction of sp³-hybridized carbons (Fsp3) is 0.278. The van der Waals surface area contributed by atoms with Gasteiger partial charge in [0.25, 0.3) is 5.91 Å². The molecule has 23 heavy (non-hydrogen) atoms. The van der Waals surface area contributed by atoms with Gasteiger partial charge in [-0.3, -0.25) is 4.79 Å². The lowest BCUT2D eigenvalue weighted by molar-refractivity contribution is 0.0300. The Morgan fingerprint density at radius 1 is 1.09 bits per heavy atom. The standard InChI is InChI=1S/C18H18FNO3/c19-15-7-5-14(6-8-15)13-23-17-4-2-1-3-16(17)18(21)20-9-11-22-12-10-20/h1-8H,9-13H2. The molecule has 3 rings (SSSR count). The van der Waals surface area contributed by atoms with E-state index in [1.165, 1.54) is 12.1 Å². The molecule has 0 saturated carbocycles. The van der Waals surface area contributed by atoms with Gasteiger partial charge in [-0.25, -0.2) is 4.39 Å². The van der Waals surface area contributed by atoms with Crippen LogP contribution >= 0.6 is 0 Å². The van der Waals surface area contributed by atoms with E-state index >= 15 is 0 Å². The molecular formula is C18H18FNO3. The first kappa shape index (κ1) is 15.5. The van der Waals surface area contributed by atoms with E-state index in [0.717, 1.165) is 5.56 Å². The molecule has 1 aliphatic heterocycles. The van der Waals surface area contributed by atoms with E-state index in [2.05, 4.69) is 0 Å². The Bertz CT molecular complexity index is 666. The first-order chi connectivity index (χ1) is 11.2. The summed E-state index contributed by atoms with van der Waals surface area (Å²) in [5, 5.41) is 0. The fourth-order valence-electron chi connectivity index (χ4n) is 2.45. The SMILES string of the molecule is O=C(c1ccccc1OCc1ccc(F)cc1)N1CCOCC1. The molecule has 0 unspecified atom stereocenters. The van der Waals surface area contributed by atoms with Crippen LogP contribution in [0.5, 0.6) is 5.75 Å². The molecular weight excluding hydrogens is 297 g/mol. The van der Waals surface area contributed by atoms with Gasteiger partial charge >= 0.3 is 0 Å². The number of benzene rings is 2. The van der Waals surface area contributed by atoms with E-state index in [4.69, 9.17) is 9.47 Å². The van der Waals surface area contributed by atoms with Crippen LogP contribution in [0.15, 0.2) is 48.5 Å². The number of rotatable bonds is 4. The number of hydrogen-bond acceptors (Lipinski definition) is 3. The average Bonchev–Trinajstić information content (AvgIpc) is 2.62. The number of nitrogens with zero attached hydrogens (tertiary/aromatic N) is 1. The summed E-state index contributed by atoms with van der Waals surface area (Å²) in [5.41, 5.74) is 1.39. The maximum atomic E-state index is 12.9. The zero-order valence-corrected chi connectivity index (χ0v) is 12.7. The van der Waals surface area contributed by atoms with Crippen molar-refractivity contribution in [1.82, 2.24) is 4.90 Å². The molecule has 0 radical (unpaired) electrons. The second-order valence-corrected chi connectivity index (χ2v) is 5.32. The third-order valence-corrected chi connectivity index (χ3v) is 3.72. The molecule has 1 amide bonds. The minimum Gasteiger partial charge on any atom is -0.488 e. The molecule has 0 atom stereocenters. The Balaban J connectivity index is 1.72. The van der Waals surface area contributed by atoms with Crippen molar-refractivity contribution in [3.63, 3.8) is 0 Å². The van der Waals surface area contributed by atoms with Crippen LogP contribution in [0.25, 0.3) is 0 Å². The van der Waals surface area contributed by atoms with E-state index in [9.17, 15) is 9.18 Å². The van der Waals surface area contributed by atoms with Crippen molar-refractivity contribution < 1.29 is 18.7 Å². The number of ether oxygens (including phenoxy) is 2. The monoisotopic (exact) mass is 315 g/mol. The van der Waals surface area contributed by atoms with Gasteiger partial charge in [0.2, 0.25) is 0 Å². The smallest absolute Gasteiger partial charge is 0.257 e. The normalized spacial score (nSPS) is 14.6. The number of carbonyl (C=O) groups is 1. The quantitative estimate of drug-likeness (QED) is 0.871. The van der Waals surface area contributed by atoms with Gasteiger partial charge in [0.1, 0.15) is 18.2 Å². The molecule has 1 aliphatic rings. The maximum Gasteiger partial charge on any atom is 0.257 e. The summed E-state index contributed by atoms with van der Waals surface area (Å²) >= 11 is 0. The Morgan fingerprint density at radius 2 is 1.78 bits per heavy atom. The van der Waals surface area contributed by atoms with E-state index in [1.807, 2.05) is 12.1 Å². The fourth-order valence-corrected chi connectivity index (χ4v) is 2.45.